The van der Waals surface area contributed by atoms with Crippen molar-refractivity contribution in [3.63, 3.8) is 0 Å². The van der Waals surface area contributed by atoms with E-state index in [1.54, 1.807) is 6.92 Å². The van der Waals surface area contributed by atoms with E-state index in [0.29, 0.717) is 6.42 Å². The zero-order valence-electron chi connectivity index (χ0n) is 9.65. The molecule has 5 heteroatoms. The Labute approximate surface area is 106 Å². The maximum Gasteiger partial charge on any atom is 0.321 e. The molecule has 0 aromatic heterocycles. The maximum atomic E-state index is 11.9. The first-order valence-electron chi connectivity index (χ1n) is 5.06. The van der Waals surface area contributed by atoms with Gasteiger partial charge in [-0.15, -0.1) is 12.4 Å². The Morgan fingerprint density at radius 2 is 2.06 bits per heavy atom. The molecule has 1 aromatic carbocycles. The van der Waals surface area contributed by atoms with Gasteiger partial charge in [0.2, 0.25) is 5.91 Å². The van der Waals surface area contributed by atoms with Crippen LogP contribution in [0.25, 0.3) is 0 Å². The molecule has 4 nitrogen and oxygen atoms in total. The summed E-state index contributed by atoms with van der Waals surface area (Å²) in [5, 5.41) is 2.73. The normalized spacial score (nSPS) is 21.9. The Morgan fingerprint density at radius 3 is 2.71 bits per heavy atom. The number of carbonyl (C=O) groups is 2. The molecule has 1 aliphatic rings. The van der Waals surface area contributed by atoms with E-state index in [2.05, 4.69) is 10.1 Å². The van der Waals surface area contributed by atoms with Crippen LogP contribution in [0.1, 0.15) is 12.5 Å². The molecule has 0 fully saturated rings. The van der Waals surface area contributed by atoms with Crippen LogP contribution in [-0.2, 0) is 20.7 Å². The third-order valence-electron chi connectivity index (χ3n) is 2.95. The average molecular weight is 256 g/mol. The summed E-state index contributed by atoms with van der Waals surface area (Å²) in [5.41, 5.74) is 0.604. The van der Waals surface area contributed by atoms with Crippen molar-refractivity contribution in [2.75, 3.05) is 12.4 Å². The Morgan fingerprint density at radius 1 is 1.41 bits per heavy atom. The lowest BCUT2D eigenvalue weighted by Crippen LogP contribution is -2.46. The topological polar surface area (TPSA) is 55.4 Å². The number of hydrogen-bond donors (Lipinski definition) is 1. The lowest BCUT2D eigenvalue weighted by atomic mass is 9.79. The molecule has 0 saturated carbocycles. The van der Waals surface area contributed by atoms with E-state index in [9.17, 15) is 9.59 Å². The largest absolute Gasteiger partial charge is 0.468 e. The molecule has 2 rings (SSSR count). The third kappa shape index (κ3) is 2.13. The standard InChI is InChI=1S/C12H13NO3.ClH/c1-12(11(15)16-2)7-8-5-3-4-6-9(8)13-10(12)14;/h3-6H,7H2,1-2H3,(H,13,14);1H. The van der Waals surface area contributed by atoms with Crippen LogP contribution in [0.2, 0.25) is 0 Å². The lowest BCUT2D eigenvalue weighted by Gasteiger charge is -2.31. The molecule has 1 aromatic rings. The Hall–Kier alpha value is -1.55. The zero-order chi connectivity index (χ0) is 11.8. The van der Waals surface area contributed by atoms with Gasteiger partial charge in [-0.2, -0.15) is 0 Å². The van der Waals surface area contributed by atoms with E-state index in [1.807, 2.05) is 24.3 Å². The number of nitrogens with one attached hydrogen (secondary N) is 1. The molecule has 17 heavy (non-hydrogen) atoms. The van der Waals surface area contributed by atoms with E-state index < -0.39 is 11.4 Å². The van der Waals surface area contributed by atoms with Crippen molar-refractivity contribution in [3.05, 3.63) is 29.8 Å². The number of carbonyl (C=O) groups excluding carboxylic acids is 2. The molecule has 0 saturated heterocycles. The number of methoxy groups -OCH3 is 1. The monoisotopic (exact) mass is 255 g/mol. The fourth-order valence-corrected chi connectivity index (χ4v) is 1.91. The van der Waals surface area contributed by atoms with Gasteiger partial charge in [0.1, 0.15) is 5.41 Å². The summed E-state index contributed by atoms with van der Waals surface area (Å²) in [5.74, 6) is -0.808. The number of esters is 1. The first-order chi connectivity index (χ1) is 7.58. The summed E-state index contributed by atoms with van der Waals surface area (Å²) in [4.78, 5) is 23.5. The predicted octanol–water partition coefficient (Wildman–Crippen LogP) is 1.78. The molecular weight excluding hydrogens is 242 g/mol. The van der Waals surface area contributed by atoms with Crippen molar-refractivity contribution in [1.82, 2.24) is 0 Å². The van der Waals surface area contributed by atoms with E-state index >= 15 is 0 Å². The summed E-state index contributed by atoms with van der Waals surface area (Å²) < 4.78 is 4.68. The quantitative estimate of drug-likeness (QED) is 0.615. The van der Waals surface area contributed by atoms with Crippen LogP contribution in [0, 0.1) is 5.41 Å². The van der Waals surface area contributed by atoms with E-state index in [-0.39, 0.29) is 18.3 Å². The lowest BCUT2D eigenvalue weighted by molar-refractivity contribution is -0.156. The summed E-state index contributed by atoms with van der Waals surface area (Å²) in [7, 11) is 1.29. The number of halogens is 1. The third-order valence-corrected chi connectivity index (χ3v) is 2.95. The fraction of sp³-hybridized carbons (Fsp3) is 0.333. The second-order valence-electron chi connectivity index (χ2n) is 4.11. The van der Waals surface area contributed by atoms with Crippen LogP contribution in [0.5, 0.6) is 0 Å². The van der Waals surface area contributed by atoms with E-state index in [1.165, 1.54) is 7.11 Å². The van der Waals surface area contributed by atoms with Gasteiger partial charge in [0, 0.05) is 5.69 Å². The number of hydrogen-bond acceptors (Lipinski definition) is 3. The maximum absolute atomic E-state index is 11.9. The first kappa shape index (κ1) is 13.5. The van der Waals surface area contributed by atoms with E-state index in [4.69, 9.17) is 0 Å². The second kappa shape index (κ2) is 4.75. The molecular formula is C12H14ClNO3. The molecule has 1 aliphatic heterocycles. The van der Waals surface area contributed by atoms with Gasteiger partial charge in [-0.05, 0) is 25.0 Å². The van der Waals surface area contributed by atoms with Gasteiger partial charge in [0.15, 0.2) is 0 Å². The number of fused-ring (bicyclic) bond motifs is 1. The van der Waals surface area contributed by atoms with Crippen LogP contribution in [0.15, 0.2) is 24.3 Å². The van der Waals surface area contributed by atoms with Gasteiger partial charge < -0.3 is 10.1 Å². The minimum absolute atomic E-state index is 0. The minimum atomic E-state index is -1.12. The summed E-state index contributed by atoms with van der Waals surface area (Å²) in [6, 6.07) is 7.45. The van der Waals surface area contributed by atoms with Gasteiger partial charge in [0.25, 0.3) is 0 Å². The highest BCUT2D eigenvalue weighted by Crippen LogP contribution is 2.34. The smallest absolute Gasteiger partial charge is 0.321 e. The highest BCUT2D eigenvalue weighted by molar-refractivity contribution is 6.10. The van der Waals surface area contributed by atoms with Gasteiger partial charge in [-0.25, -0.2) is 0 Å². The van der Waals surface area contributed by atoms with Crippen molar-refractivity contribution in [3.8, 4) is 0 Å². The highest BCUT2D eigenvalue weighted by atomic mass is 35.5. The van der Waals surface area contributed by atoms with Gasteiger partial charge >= 0.3 is 5.97 Å². The van der Waals surface area contributed by atoms with Gasteiger partial charge in [0.05, 0.1) is 7.11 Å². The van der Waals surface area contributed by atoms with Crippen molar-refractivity contribution in [1.29, 1.82) is 0 Å². The highest BCUT2D eigenvalue weighted by Gasteiger charge is 2.45. The molecule has 1 heterocycles. The molecule has 1 N–H and O–H groups in total. The molecule has 0 bridgehead atoms. The van der Waals surface area contributed by atoms with Crippen molar-refractivity contribution in [2.24, 2.45) is 5.41 Å². The SMILES string of the molecule is COC(=O)C1(C)Cc2ccccc2NC1=O.Cl. The minimum Gasteiger partial charge on any atom is -0.468 e. The molecule has 0 spiro atoms. The number of anilines is 1. The number of ether oxygens (including phenoxy) is 1. The number of para-hydroxylation sites is 1. The molecule has 92 valence electrons. The van der Waals surface area contributed by atoms with Crippen LogP contribution in [-0.4, -0.2) is 19.0 Å². The number of rotatable bonds is 1. The molecule has 0 aliphatic carbocycles. The number of benzene rings is 1. The van der Waals surface area contributed by atoms with Gasteiger partial charge in [-0.1, -0.05) is 18.2 Å². The Bertz CT molecular complexity index is 461. The summed E-state index contributed by atoms with van der Waals surface area (Å²) in [6.07, 6.45) is 0.377. The van der Waals surface area contributed by atoms with Crippen LogP contribution >= 0.6 is 12.4 Å². The Balaban J connectivity index is 0.00000144. The van der Waals surface area contributed by atoms with Crippen LogP contribution < -0.4 is 5.32 Å². The number of amides is 1. The summed E-state index contributed by atoms with van der Waals surface area (Å²) >= 11 is 0. The van der Waals surface area contributed by atoms with Gasteiger partial charge in [-0.3, -0.25) is 9.59 Å². The first-order valence-corrected chi connectivity index (χ1v) is 5.06. The van der Waals surface area contributed by atoms with Crippen LogP contribution in [0.3, 0.4) is 0 Å². The van der Waals surface area contributed by atoms with Crippen molar-refractivity contribution in [2.45, 2.75) is 13.3 Å². The fourth-order valence-electron chi connectivity index (χ4n) is 1.91. The molecule has 1 atom stereocenters. The average Bonchev–Trinajstić information content (AvgIpc) is 2.29. The summed E-state index contributed by atoms with van der Waals surface area (Å²) in [6.45, 7) is 1.60. The molecule has 1 amide bonds. The molecule has 0 radical (unpaired) electrons. The second-order valence-corrected chi connectivity index (χ2v) is 4.11. The van der Waals surface area contributed by atoms with E-state index in [0.717, 1.165) is 11.3 Å². The van der Waals surface area contributed by atoms with Crippen LogP contribution in [0.4, 0.5) is 5.69 Å². The molecule has 1 unspecified atom stereocenters. The zero-order valence-corrected chi connectivity index (χ0v) is 10.5. The Kier molecular flexibility index (Phi) is 3.78. The predicted molar refractivity (Wildman–Crippen MR) is 66.1 cm³/mol. The van der Waals surface area contributed by atoms with Crippen molar-refractivity contribution < 1.29 is 14.3 Å². The van der Waals surface area contributed by atoms with Crippen molar-refractivity contribution >= 4 is 30.0 Å².